The number of sulfonamides is 1. The first-order valence-electron chi connectivity index (χ1n) is 8.93. The van der Waals surface area contributed by atoms with Crippen LogP contribution < -0.4 is 0 Å². The van der Waals surface area contributed by atoms with Crippen LogP contribution in [0.4, 0.5) is 0 Å². The number of carbonyl (C=O) groups excluding carboxylic acids is 1. The summed E-state index contributed by atoms with van der Waals surface area (Å²) in [5, 5.41) is 0. The molecule has 2 unspecified atom stereocenters. The van der Waals surface area contributed by atoms with E-state index in [-0.39, 0.29) is 28.6 Å². The quantitative estimate of drug-likeness (QED) is 0.822. The fourth-order valence-electron chi connectivity index (χ4n) is 3.63. The van der Waals surface area contributed by atoms with Crippen molar-refractivity contribution in [1.29, 1.82) is 0 Å². The van der Waals surface area contributed by atoms with Gasteiger partial charge in [0.1, 0.15) is 0 Å². The highest BCUT2D eigenvalue weighted by atomic mass is 32.2. The Hall–Kier alpha value is -1.44. The van der Waals surface area contributed by atoms with Crippen molar-refractivity contribution in [1.82, 2.24) is 9.21 Å². The van der Waals surface area contributed by atoms with Crippen molar-refractivity contribution >= 4 is 15.9 Å². The Morgan fingerprint density at radius 1 is 1.04 bits per heavy atom. The smallest absolute Gasteiger partial charge is 0.255 e. The topological polar surface area (TPSA) is 66.9 Å². The fourth-order valence-corrected chi connectivity index (χ4v) is 5.33. The lowest BCUT2D eigenvalue weighted by molar-refractivity contribution is -0.0587. The molecule has 0 spiro atoms. The SMILES string of the molecule is CC1CN(C(=O)c2ccccc2S(=O)(=O)N2CCCCC2)CC(C)O1. The Balaban J connectivity index is 1.91. The van der Waals surface area contributed by atoms with Gasteiger partial charge in [-0.3, -0.25) is 4.79 Å². The van der Waals surface area contributed by atoms with E-state index in [1.807, 2.05) is 13.8 Å². The van der Waals surface area contributed by atoms with Crippen LogP contribution in [0.15, 0.2) is 29.2 Å². The second kappa shape index (κ2) is 7.43. The summed E-state index contributed by atoms with van der Waals surface area (Å²) in [7, 11) is -3.65. The normalized spacial score (nSPS) is 25.8. The molecule has 0 aliphatic carbocycles. The molecular formula is C18H26N2O4S. The van der Waals surface area contributed by atoms with Crippen molar-refractivity contribution in [2.45, 2.75) is 50.2 Å². The number of amides is 1. The predicted octanol–water partition coefficient (Wildman–Crippen LogP) is 2.11. The van der Waals surface area contributed by atoms with E-state index >= 15 is 0 Å². The van der Waals surface area contributed by atoms with E-state index in [4.69, 9.17) is 4.74 Å². The summed E-state index contributed by atoms with van der Waals surface area (Å²) in [5.41, 5.74) is 0.259. The minimum absolute atomic E-state index is 0.0569. The number of ether oxygens (including phenoxy) is 1. The Kier molecular flexibility index (Phi) is 5.46. The van der Waals surface area contributed by atoms with Crippen LogP contribution in [-0.2, 0) is 14.8 Å². The van der Waals surface area contributed by atoms with Crippen molar-refractivity contribution in [3.63, 3.8) is 0 Å². The first-order chi connectivity index (χ1) is 11.9. The molecule has 0 saturated carbocycles. The lowest BCUT2D eigenvalue weighted by Crippen LogP contribution is -2.48. The first kappa shape index (κ1) is 18.4. The van der Waals surface area contributed by atoms with Crippen molar-refractivity contribution in [3.05, 3.63) is 29.8 Å². The van der Waals surface area contributed by atoms with Crippen LogP contribution in [0.2, 0.25) is 0 Å². The van der Waals surface area contributed by atoms with Crippen LogP contribution in [0.25, 0.3) is 0 Å². The van der Waals surface area contributed by atoms with E-state index in [1.54, 1.807) is 29.2 Å². The first-order valence-corrected chi connectivity index (χ1v) is 10.4. The van der Waals surface area contributed by atoms with Gasteiger partial charge in [-0.1, -0.05) is 18.6 Å². The number of hydrogen-bond donors (Lipinski definition) is 0. The second-order valence-electron chi connectivity index (χ2n) is 6.93. The summed E-state index contributed by atoms with van der Waals surface area (Å²) < 4.78 is 33.3. The van der Waals surface area contributed by atoms with Crippen LogP contribution in [0.3, 0.4) is 0 Å². The molecule has 2 aliphatic heterocycles. The van der Waals surface area contributed by atoms with Gasteiger partial charge >= 0.3 is 0 Å². The third-order valence-electron chi connectivity index (χ3n) is 4.76. The summed E-state index contributed by atoms with van der Waals surface area (Å²) >= 11 is 0. The second-order valence-corrected chi connectivity index (χ2v) is 8.83. The Morgan fingerprint density at radius 3 is 2.28 bits per heavy atom. The van der Waals surface area contributed by atoms with Crippen molar-refractivity contribution in [2.24, 2.45) is 0 Å². The summed E-state index contributed by atoms with van der Waals surface area (Å²) in [6.45, 7) is 5.84. The summed E-state index contributed by atoms with van der Waals surface area (Å²) in [4.78, 5) is 14.8. The zero-order valence-electron chi connectivity index (χ0n) is 14.8. The molecule has 1 aromatic carbocycles. The molecule has 138 valence electrons. The molecule has 2 aliphatic rings. The van der Waals surface area contributed by atoms with E-state index in [0.717, 1.165) is 19.3 Å². The van der Waals surface area contributed by atoms with Crippen LogP contribution in [0.1, 0.15) is 43.5 Å². The number of morpholine rings is 1. The summed E-state index contributed by atoms with van der Waals surface area (Å²) in [6, 6.07) is 6.56. The van der Waals surface area contributed by atoms with Crippen LogP contribution in [-0.4, -0.2) is 61.9 Å². The lowest BCUT2D eigenvalue weighted by atomic mass is 10.1. The van der Waals surface area contributed by atoms with Gasteiger partial charge in [0.2, 0.25) is 10.0 Å². The highest BCUT2D eigenvalue weighted by Crippen LogP contribution is 2.25. The van der Waals surface area contributed by atoms with Crippen LogP contribution in [0.5, 0.6) is 0 Å². The summed E-state index contributed by atoms with van der Waals surface area (Å²) in [6.07, 6.45) is 2.68. The number of benzene rings is 1. The average molecular weight is 366 g/mol. The minimum Gasteiger partial charge on any atom is -0.372 e. The van der Waals surface area contributed by atoms with E-state index in [9.17, 15) is 13.2 Å². The van der Waals surface area contributed by atoms with Gasteiger partial charge in [-0.2, -0.15) is 4.31 Å². The largest absolute Gasteiger partial charge is 0.372 e. The molecule has 2 heterocycles. The Labute approximate surface area is 149 Å². The van der Waals surface area contributed by atoms with Crippen molar-refractivity contribution in [3.8, 4) is 0 Å². The Morgan fingerprint density at radius 2 is 1.64 bits per heavy atom. The maximum Gasteiger partial charge on any atom is 0.255 e. The third-order valence-corrected chi connectivity index (χ3v) is 6.71. The van der Waals surface area contributed by atoms with E-state index in [2.05, 4.69) is 0 Å². The molecule has 2 saturated heterocycles. The third kappa shape index (κ3) is 3.88. The molecular weight excluding hydrogens is 340 g/mol. The predicted molar refractivity (Wildman–Crippen MR) is 95.0 cm³/mol. The molecule has 0 aromatic heterocycles. The number of hydrogen-bond acceptors (Lipinski definition) is 4. The molecule has 2 fully saturated rings. The van der Waals surface area contributed by atoms with E-state index < -0.39 is 10.0 Å². The van der Waals surface area contributed by atoms with E-state index in [0.29, 0.717) is 26.2 Å². The van der Waals surface area contributed by atoms with Crippen LogP contribution in [0, 0.1) is 0 Å². The molecule has 25 heavy (non-hydrogen) atoms. The molecule has 0 N–H and O–H groups in total. The fraction of sp³-hybridized carbons (Fsp3) is 0.611. The van der Waals surface area contributed by atoms with Gasteiger partial charge in [0.15, 0.2) is 0 Å². The zero-order valence-corrected chi connectivity index (χ0v) is 15.7. The van der Waals surface area contributed by atoms with Gasteiger partial charge < -0.3 is 9.64 Å². The molecule has 6 nitrogen and oxygen atoms in total. The van der Waals surface area contributed by atoms with Gasteiger partial charge in [-0.25, -0.2) is 8.42 Å². The van der Waals surface area contributed by atoms with Gasteiger partial charge in [-0.15, -0.1) is 0 Å². The molecule has 0 bridgehead atoms. The number of carbonyl (C=O) groups is 1. The standard InChI is InChI=1S/C18H26N2O4S/c1-14-12-19(13-15(2)24-14)18(21)16-8-4-5-9-17(16)25(22,23)20-10-6-3-7-11-20/h4-5,8-9,14-15H,3,6-7,10-13H2,1-2H3. The molecule has 1 aromatic rings. The highest BCUT2D eigenvalue weighted by molar-refractivity contribution is 7.89. The zero-order chi connectivity index (χ0) is 18.0. The molecule has 3 rings (SSSR count). The van der Waals surface area contributed by atoms with Crippen molar-refractivity contribution in [2.75, 3.05) is 26.2 Å². The van der Waals surface area contributed by atoms with Crippen LogP contribution >= 0.6 is 0 Å². The number of rotatable bonds is 3. The van der Waals surface area contributed by atoms with Gasteiger partial charge in [0.05, 0.1) is 22.7 Å². The maximum atomic E-state index is 13.1. The molecule has 7 heteroatoms. The number of piperidine rings is 1. The Bertz CT molecular complexity index is 718. The molecule has 1 amide bonds. The van der Waals surface area contributed by atoms with Gasteiger partial charge in [-0.05, 0) is 38.8 Å². The summed E-state index contributed by atoms with van der Waals surface area (Å²) in [5.74, 6) is -0.238. The van der Waals surface area contributed by atoms with Gasteiger partial charge in [0, 0.05) is 26.2 Å². The number of nitrogens with zero attached hydrogens (tertiary/aromatic N) is 2. The lowest BCUT2D eigenvalue weighted by Gasteiger charge is -2.35. The highest BCUT2D eigenvalue weighted by Gasteiger charge is 2.33. The van der Waals surface area contributed by atoms with Crippen molar-refractivity contribution < 1.29 is 17.9 Å². The molecule has 2 atom stereocenters. The maximum absolute atomic E-state index is 13.1. The van der Waals surface area contributed by atoms with E-state index in [1.165, 1.54) is 4.31 Å². The molecule has 0 radical (unpaired) electrons. The monoisotopic (exact) mass is 366 g/mol. The average Bonchev–Trinajstić information content (AvgIpc) is 2.61. The minimum atomic E-state index is -3.65. The van der Waals surface area contributed by atoms with Gasteiger partial charge in [0.25, 0.3) is 5.91 Å².